The number of benzene rings is 2. The first kappa shape index (κ1) is 21.3. The molecular formula is C24H25BrN4O2. The zero-order chi connectivity index (χ0) is 22.0. The van der Waals surface area contributed by atoms with Crippen molar-refractivity contribution in [1.82, 2.24) is 14.7 Å². The molecular weight excluding hydrogens is 456 g/mol. The fourth-order valence-electron chi connectivity index (χ4n) is 3.88. The molecule has 0 aliphatic carbocycles. The third kappa shape index (κ3) is 4.88. The first-order chi connectivity index (χ1) is 14.9. The van der Waals surface area contributed by atoms with Gasteiger partial charge < -0.3 is 10.2 Å². The number of hydrogen-bond donors (Lipinski definition) is 1. The monoisotopic (exact) mass is 480 g/mol. The number of carbonyl (C=O) groups is 2. The highest BCUT2D eigenvalue weighted by atomic mass is 79.9. The van der Waals surface area contributed by atoms with Crippen LogP contribution in [-0.4, -0.2) is 39.6 Å². The van der Waals surface area contributed by atoms with Gasteiger partial charge in [0.1, 0.15) is 5.82 Å². The van der Waals surface area contributed by atoms with Crippen LogP contribution in [0.4, 0.5) is 5.82 Å². The number of aryl methyl sites for hydroxylation is 2. The van der Waals surface area contributed by atoms with Crippen LogP contribution in [0.2, 0.25) is 0 Å². The van der Waals surface area contributed by atoms with Crippen molar-refractivity contribution in [1.29, 1.82) is 0 Å². The third-order valence-corrected chi connectivity index (χ3v) is 6.01. The van der Waals surface area contributed by atoms with Gasteiger partial charge in [0.2, 0.25) is 5.91 Å². The van der Waals surface area contributed by atoms with Crippen LogP contribution in [0.15, 0.2) is 59.1 Å². The first-order valence-corrected chi connectivity index (χ1v) is 11.2. The summed E-state index contributed by atoms with van der Waals surface area (Å²) in [6, 6.07) is 17.2. The van der Waals surface area contributed by atoms with Gasteiger partial charge in [0.05, 0.1) is 17.3 Å². The standard InChI is InChI=1S/C24H25BrN4O2/c1-16-8-10-18(11-9-16)24(31)28-12-4-5-19(15-28)23(30)26-22-13-17(2)27-29(22)21-7-3-6-20(25)14-21/h3,6-11,13-14,19H,4-5,12,15H2,1-2H3,(H,26,30). The Labute approximate surface area is 190 Å². The summed E-state index contributed by atoms with van der Waals surface area (Å²) in [5, 5.41) is 7.56. The lowest BCUT2D eigenvalue weighted by Crippen LogP contribution is -2.43. The molecule has 160 valence electrons. The molecule has 1 aliphatic rings. The van der Waals surface area contributed by atoms with E-state index in [9.17, 15) is 9.59 Å². The van der Waals surface area contributed by atoms with Crippen molar-refractivity contribution in [3.05, 3.63) is 75.9 Å². The molecule has 6 nitrogen and oxygen atoms in total. The van der Waals surface area contributed by atoms with Gasteiger partial charge in [-0.15, -0.1) is 0 Å². The normalized spacial score (nSPS) is 16.2. The number of hydrogen-bond acceptors (Lipinski definition) is 3. The molecule has 1 N–H and O–H groups in total. The molecule has 1 unspecified atom stereocenters. The van der Waals surface area contributed by atoms with Crippen LogP contribution in [0.1, 0.15) is 34.5 Å². The van der Waals surface area contributed by atoms with Crippen LogP contribution in [-0.2, 0) is 4.79 Å². The van der Waals surface area contributed by atoms with E-state index in [4.69, 9.17) is 0 Å². The molecule has 1 fully saturated rings. The Morgan fingerprint density at radius 2 is 1.87 bits per heavy atom. The topological polar surface area (TPSA) is 67.2 Å². The van der Waals surface area contributed by atoms with Gasteiger partial charge in [-0.2, -0.15) is 5.10 Å². The smallest absolute Gasteiger partial charge is 0.253 e. The van der Waals surface area contributed by atoms with Gasteiger partial charge in [-0.1, -0.05) is 39.7 Å². The molecule has 3 aromatic rings. The van der Waals surface area contributed by atoms with Crippen molar-refractivity contribution in [3.63, 3.8) is 0 Å². The molecule has 7 heteroatoms. The summed E-state index contributed by atoms with van der Waals surface area (Å²) in [7, 11) is 0. The first-order valence-electron chi connectivity index (χ1n) is 10.4. The fourth-order valence-corrected chi connectivity index (χ4v) is 4.26. The van der Waals surface area contributed by atoms with Crippen molar-refractivity contribution < 1.29 is 9.59 Å². The zero-order valence-electron chi connectivity index (χ0n) is 17.6. The fraction of sp³-hybridized carbons (Fsp3) is 0.292. The highest BCUT2D eigenvalue weighted by molar-refractivity contribution is 9.10. The molecule has 0 spiro atoms. The van der Waals surface area contributed by atoms with E-state index in [0.717, 1.165) is 34.3 Å². The molecule has 2 amide bonds. The van der Waals surface area contributed by atoms with E-state index in [1.54, 1.807) is 9.58 Å². The number of aromatic nitrogens is 2. The Balaban J connectivity index is 1.48. The Morgan fingerprint density at radius 3 is 2.61 bits per heavy atom. The van der Waals surface area contributed by atoms with Crippen molar-refractivity contribution in [2.45, 2.75) is 26.7 Å². The summed E-state index contributed by atoms with van der Waals surface area (Å²) in [5.74, 6) is 0.266. The van der Waals surface area contributed by atoms with Crippen LogP contribution in [0.5, 0.6) is 0 Å². The second-order valence-electron chi connectivity index (χ2n) is 8.01. The van der Waals surface area contributed by atoms with E-state index >= 15 is 0 Å². The van der Waals surface area contributed by atoms with Crippen LogP contribution < -0.4 is 5.32 Å². The molecule has 1 atom stereocenters. The minimum absolute atomic E-state index is 0.0208. The van der Waals surface area contributed by atoms with E-state index in [0.29, 0.717) is 24.5 Å². The highest BCUT2D eigenvalue weighted by Gasteiger charge is 2.29. The molecule has 31 heavy (non-hydrogen) atoms. The largest absolute Gasteiger partial charge is 0.338 e. The lowest BCUT2D eigenvalue weighted by atomic mass is 9.96. The Morgan fingerprint density at radius 1 is 1.10 bits per heavy atom. The number of nitrogens with one attached hydrogen (secondary N) is 1. The molecule has 0 saturated carbocycles. The summed E-state index contributed by atoms with van der Waals surface area (Å²) in [6.07, 6.45) is 1.56. The average Bonchev–Trinajstić information content (AvgIpc) is 3.14. The number of halogens is 1. The molecule has 0 bridgehead atoms. The molecule has 1 saturated heterocycles. The van der Waals surface area contributed by atoms with E-state index in [-0.39, 0.29) is 17.7 Å². The maximum Gasteiger partial charge on any atom is 0.253 e. The van der Waals surface area contributed by atoms with Gasteiger partial charge in [0.25, 0.3) is 5.91 Å². The predicted molar refractivity (Wildman–Crippen MR) is 124 cm³/mol. The molecule has 2 aromatic carbocycles. The SMILES string of the molecule is Cc1ccc(C(=O)N2CCCC(C(=O)Nc3cc(C)nn3-c3cccc(Br)c3)C2)cc1. The van der Waals surface area contributed by atoms with Gasteiger partial charge >= 0.3 is 0 Å². The van der Waals surface area contributed by atoms with E-state index in [1.165, 1.54) is 0 Å². The van der Waals surface area contributed by atoms with Crippen LogP contribution in [0.3, 0.4) is 0 Å². The second-order valence-corrected chi connectivity index (χ2v) is 8.92. The zero-order valence-corrected chi connectivity index (χ0v) is 19.2. The number of likely N-dealkylation sites (tertiary alicyclic amines) is 1. The van der Waals surface area contributed by atoms with Gasteiger partial charge in [0, 0.05) is 29.2 Å². The van der Waals surface area contributed by atoms with Crippen LogP contribution in [0.25, 0.3) is 5.69 Å². The van der Waals surface area contributed by atoms with Crippen molar-refractivity contribution in [3.8, 4) is 5.69 Å². The maximum atomic E-state index is 13.1. The highest BCUT2D eigenvalue weighted by Crippen LogP contribution is 2.24. The number of rotatable bonds is 4. The summed E-state index contributed by atoms with van der Waals surface area (Å²) < 4.78 is 2.67. The lowest BCUT2D eigenvalue weighted by Gasteiger charge is -2.32. The van der Waals surface area contributed by atoms with Crippen molar-refractivity contribution >= 4 is 33.6 Å². The van der Waals surface area contributed by atoms with Crippen molar-refractivity contribution in [2.24, 2.45) is 5.92 Å². The molecule has 4 rings (SSSR count). The van der Waals surface area contributed by atoms with Gasteiger partial charge in [0.15, 0.2) is 0 Å². The van der Waals surface area contributed by atoms with Gasteiger partial charge in [-0.05, 0) is 57.0 Å². The Bertz CT molecular complexity index is 1110. The minimum Gasteiger partial charge on any atom is -0.338 e. The third-order valence-electron chi connectivity index (χ3n) is 5.51. The maximum absolute atomic E-state index is 13.1. The minimum atomic E-state index is -0.255. The number of anilines is 1. The van der Waals surface area contributed by atoms with E-state index < -0.39 is 0 Å². The van der Waals surface area contributed by atoms with E-state index in [1.807, 2.05) is 68.4 Å². The van der Waals surface area contributed by atoms with E-state index in [2.05, 4.69) is 26.3 Å². The lowest BCUT2D eigenvalue weighted by molar-refractivity contribution is -0.121. The van der Waals surface area contributed by atoms with Gasteiger partial charge in [-0.25, -0.2) is 4.68 Å². The number of carbonyl (C=O) groups excluding carboxylic acids is 2. The number of amides is 2. The Kier molecular flexibility index (Phi) is 6.23. The molecule has 2 heterocycles. The van der Waals surface area contributed by atoms with Gasteiger partial charge in [-0.3, -0.25) is 9.59 Å². The predicted octanol–water partition coefficient (Wildman–Crippen LogP) is 4.74. The summed E-state index contributed by atoms with van der Waals surface area (Å²) in [4.78, 5) is 27.8. The van der Waals surface area contributed by atoms with Crippen LogP contribution in [0, 0.1) is 19.8 Å². The molecule has 1 aliphatic heterocycles. The second kappa shape index (κ2) is 9.06. The Hall–Kier alpha value is -2.93. The average molecular weight is 481 g/mol. The number of piperidine rings is 1. The quantitative estimate of drug-likeness (QED) is 0.586. The van der Waals surface area contributed by atoms with Crippen LogP contribution >= 0.6 is 15.9 Å². The summed E-state index contributed by atoms with van der Waals surface area (Å²) in [5.41, 5.74) is 3.45. The summed E-state index contributed by atoms with van der Waals surface area (Å²) >= 11 is 3.48. The molecule has 0 radical (unpaired) electrons. The van der Waals surface area contributed by atoms with Crippen molar-refractivity contribution in [2.75, 3.05) is 18.4 Å². The molecule has 1 aromatic heterocycles. The summed E-state index contributed by atoms with van der Waals surface area (Å²) in [6.45, 7) is 4.98. The number of nitrogens with zero attached hydrogens (tertiary/aromatic N) is 3.